The number of fused-ring (bicyclic) bond motifs is 1. The van der Waals surface area contributed by atoms with Gasteiger partial charge in [0.05, 0.1) is 5.52 Å². The Hall–Kier alpha value is -1.75. The quantitative estimate of drug-likeness (QED) is 0.540. The Bertz CT molecular complexity index is 500. The van der Waals surface area contributed by atoms with Crippen molar-refractivity contribution in [2.24, 2.45) is 0 Å². The Morgan fingerprint density at radius 2 is 2.15 bits per heavy atom. The van der Waals surface area contributed by atoms with Gasteiger partial charge in [-0.1, -0.05) is 5.92 Å². The first-order valence-corrected chi connectivity index (χ1v) is 4.00. The zero-order valence-corrected chi connectivity index (χ0v) is 7.21. The zero-order chi connectivity index (χ0) is 9.26. The van der Waals surface area contributed by atoms with E-state index in [2.05, 4.69) is 12.0 Å². The molecule has 0 N–H and O–H groups in total. The highest BCUT2D eigenvalue weighted by atomic mass is 19.1. The van der Waals surface area contributed by atoms with E-state index in [1.54, 1.807) is 17.6 Å². The molecule has 2 heteroatoms. The lowest BCUT2D eigenvalue weighted by Crippen LogP contribution is -1.85. The van der Waals surface area contributed by atoms with Gasteiger partial charge in [-0.15, -0.1) is 0 Å². The van der Waals surface area contributed by atoms with Crippen molar-refractivity contribution in [3.8, 4) is 12.0 Å². The second kappa shape index (κ2) is 2.95. The topological polar surface area (TPSA) is 4.93 Å². The minimum atomic E-state index is -0.231. The fourth-order valence-electron chi connectivity index (χ4n) is 1.32. The number of nitrogens with zero attached hydrogens (tertiary/aromatic N) is 1. The molecule has 2 rings (SSSR count). The van der Waals surface area contributed by atoms with E-state index in [1.807, 2.05) is 12.3 Å². The van der Waals surface area contributed by atoms with Crippen LogP contribution < -0.4 is 0 Å². The molecule has 0 saturated carbocycles. The predicted octanol–water partition coefficient (Wildman–Crippen LogP) is 2.61. The molecule has 1 nitrogen and oxygen atoms in total. The van der Waals surface area contributed by atoms with Gasteiger partial charge < -0.3 is 0 Å². The molecule has 2 aromatic rings. The van der Waals surface area contributed by atoms with Crippen LogP contribution in [0.2, 0.25) is 0 Å². The van der Waals surface area contributed by atoms with Gasteiger partial charge in [-0.05, 0) is 31.2 Å². The molecular formula is C11H8FN. The van der Waals surface area contributed by atoms with Gasteiger partial charge in [-0.25, -0.2) is 4.39 Å². The van der Waals surface area contributed by atoms with E-state index in [1.165, 1.54) is 12.1 Å². The van der Waals surface area contributed by atoms with Crippen molar-refractivity contribution >= 4 is 10.9 Å². The molecule has 1 aromatic carbocycles. The molecule has 0 spiro atoms. The highest BCUT2D eigenvalue weighted by Crippen LogP contribution is 2.15. The molecule has 0 unspecified atom stereocenters. The summed E-state index contributed by atoms with van der Waals surface area (Å²) in [5.41, 5.74) is 0.814. The van der Waals surface area contributed by atoms with Crippen LogP contribution in [-0.4, -0.2) is 4.57 Å². The van der Waals surface area contributed by atoms with E-state index in [9.17, 15) is 4.39 Å². The van der Waals surface area contributed by atoms with E-state index in [0.717, 1.165) is 10.9 Å². The number of aromatic nitrogens is 1. The average Bonchev–Trinajstić information content (AvgIpc) is 2.49. The summed E-state index contributed by atoms with van der Waals surface area (Å²) in [5, 5.41) is 1.00. The molecule has 0 aliphatic rings. The van der Waals surface area contributed by atoms with Crippen LogP contribution in [0.5, 0.6) is 0 Å². The van der Waals surface area contributed by atoms with Crippen molar-refractivity contribution in [3.63, 3.8) is 0 Å². The highest BCUT2D eigenvalue weighted by molar-refractivity contribution is 5.81. The maximum atomic E-state index is 12.9. The van der Waals surface area contributed by atoms with Gasteiger partial charge in [0.25, 0.3) is 0 Å². The molecule has 0 atom stereocenters. The molecule has 0 amide bonds. The van der Waals surface area contributed by atoms with E-state index in [4.69, 9.17) is 0 Å². The maximum absolute atomic E-state index is 12.9. The lowest BCUT2D eigenvalue weighted by Gasteiger charge is -1.94. The molecule has 0 bridgehead atoms. The SMILES string of the molecule is CC#Cn1ccc2ccc(F)cc21. The second-order valence-electron chi connectivity index (χ2n) is 2.75. The molecule has 1 aromatic heterocycles. The highest BCUT2D eigenvalue weighted by Gasteiger charge is 1.99. The van der Waals surface area contributed by atoms with E-state index in [0.29, 0.717) is 0 Å². The van der Waals surface area contributed by atoms with Crippen molar-refractivity contribution in [2.45, 2.75) is 6.92 Å². The van der Waals surface area contributed by atoms with Crippen LogP contribution in [0.3, 0.4) is 0 Å². The van der Waals surface area contributed by atoms with E-state index >= 15 is 0 Å². The molecule has 13 heavy (non-hydrogen) atoms. The van der Waals surface area contributed by atoms with Crippen molar-refractivity contribution in [2.75, 3.05) is 0 Å². The van der Waals surface area contributed by atoms with Crippen LogP contribution in [0.25, 0.3) is 10.9 Å². The summed E-state index contributed by atoms with van der Waals surface area (Å²) in [6, 6.07) is 9.46. The lowest BCUT2D eigenvalue weighted by atomic mass is 10.2. The Labute approximate surface area is 75.8 Å². The van der Waals surface area contributed by atoms with Gasteiger partial charge in [0.15, 0.2) is 0 Å². The van der Waals surface area contributed by atoms with E-state index in [-0.39, 0.29) is 5.82 Å². The predicted molar refractivity (Wildman–Crippen MR) is 50.7 cm³/mol. The summed E-state index contributed by atoms with van der Waals surface area (Å²) in [5.74, 6) is 2.54. The monoisotopic (exact) mass is 173 g/mol. The molecule has 0 aliphatic carbocycles. The second-order valence-corrected chi connectivity index (χ2v) is 2.75. The summed E-state index contributed by atoms with van der Waals surface area (Å²) >= 11 is 0. The summed E-state index contributed by atoms with van der Waals surface area (Å²) in [7, 11) is 0. The van der Waals surface area contributed by atoms with Crippen LogP contribution in [0.1, 0.15) is 6.92 Å². The Morgan fingerprint density at radius 1 is 1.31 bits per heavy atom. The zero-order valence-electron chi connectivity index (χ0n) is 7.21. The first-order valence-electron chi connectivity index (χ1n) is 4.00. The Kier molecular flexibility index (Phi) is 1.79. The number of rotatable bonds is 0. The van der Waals surface area contributed by atoms with Gasteiger partial charge in [-0.3, -0.25) is 4.57 Å². The smallest absolute Gasteiger partial charge is 0.125 e. The van der Waals surface area contributed by atoms with Crippen molar-refractivity contribution in [1.82, 2.24) is 4.57 Å². The molecule has 0 aliphatic heterocycles. The summed E-state index contributed by atoms with van der Waals surface area (Å²) in [6.07, 6.45) is 1.83. The third-order valence-electron chi connectivity index (χ3n) is 1.89. The van der Waals surface area contributed by atoms with Crippen molar-refractivity contribution < 1.29 is 4.39 Å². The van der Waals surface area contributed by atoms with Crippen LogP contribution >= 0.6 is 0 Å². The molecule has 1 heterocycles. The van der Waals surface area contributed by atoms with Crippen LogP contribution in [0, 0.1) is 17.8 Å². The van der Waals surface area contributed by atoms with Gasteiger partial charge in [0.1, 0.15) is 5.82 Å². The Balaban J connectivity index is 2.76. The number of benzene rings is 1. The first-order chi connectivity index (χ1) is 6.31. The Morgan fingerprint density at radius 3 is 2.92 bits per heavy atom. The number of hydrogen-bond donors (Lipinski definition) is 0. The minimum Gasteiger partial charge on any atom is -0.276 e. The van der Waals surface area contributed by atoms with Gasteiger partial charge in [-0.2, -0.15) is 0 Å². The van der Waals surface area contributed by atoms with Crippen LogP contribution in [0.15, 0.2) is 30.5 Å². The maximum Gasteiger partial charge on any atom is 0.125 e. The van der Waals surface area contributed by atoms with Crippen molar-refractivity contribution in [3.05, 3.63) is 36.3 Å². The summed E-state index contributed by atoms with van der Waals surface area (Å²) in [6.45, 7) is 1.76. The third kappa shape index (κ3) is 1.29. The van der Waals surface area contributed by atoms with Gasteiger partial charge in [0, 0.05) is 17.6 Å². The minimum absolute atomic E-state index is 0.231. The van der Waals surface area contributed by atoms with E-state index < -0.39 is 0 Å². The van der Waals surface area contributed by atoms with Crippen LogP contribution in [-0.2, 0) is 0 Å². The molecule has 0 fully saturated rings. The summed E-state index contributed by atoms with van der Waals surface area (Å²) < 4.78 is 14.6. The van der Waals surface area contributed by atoms with Gasteiger partial charge >= 0.3 is 0 Å². The largest absolute Gasteiger partial charge is 0.276 e. The number of halogens is 1. The molecule has 0 radical (unpaired) electrons. The first kappa shape index (κ1) is 7.88. The third-order valence-corrected chi connectivity index (χ3v) is 1.89. The standard InChI is InChI=1S/C11H8FN/c1-2-6-13-7-5-9-3-4-10(12)8-11(9)13/h3-5,7-8H,1H3. The normalized spacial score (nSPS) is 9.69. The molecular weight excluding hydrogens is 165 g/mol. The molecule has 0 saturated heterocycles. The fraction of sp³-hybridized carbons (Fsp3) is 0.0909. The number of hydrogen-bond acceptors (Lipinski definition) is 0. The lowest BCUT2D eigenvalue weighted by molar-refractivity contribution is 0.629. The molecule has 64 valence electrons. The summed E-state index contributed by atoms with van der Waals surface area (Å²) in [4.78, 5) is 0. The fourth-order valence-corrected chi connectivity index (χ4v) is 1.32. The van der Waals surface area contributed by atoms with Gasteiger partial charge in [0.2, 0.25) is 0 Å². The van der Waals surface area contributed by atoms with Crippen LogP contribution in [0.4, 0.5) is 4.39 Å². The van der Waals surface area contributed by atoms with Crippen molar-refractivity contribution in [1.29, 1.82) is 0 Å². The average molecular weight is 173 g/mol.